The molecule has 1 fully saturated rings. The summed E-state index contributed by atoms with van der Waals surface area (Å²) in [5, 5.41) is 4.32. The summed E-state index contributed by atoms with van der Waals surface area (Å²) >= 11 is 4.62. The van der Waals surface area contributed by atoms with Crippen molar-refractivity contribution in [3.8, 4) is 0 Å². The van der Waals surface area contributed by atoms with Crippen LogP contribution in [0.5, 0.6) is 0 Å². The van der Waals surface area contributed by atoms with E-state index in [9.17, 15) is 0 Å². The molecule has 1 rings (SSSR count). The van der Waals surface area contributed by atoms with E-state index in [0.29, 0.717) is 0 Å². The molecule has 1 saturated carbocycles. The van der Waals surface area contributed by atoms with Crippen molar-refractivity contribution in [3.05, 3.63) is 0 Å². The van der Waals surface area contributed by atoms with Crippen molar-refractivity contribution in [3.63, 3.8) is 0 Å². The summed E-state index contributed by atoms with van der Waals surface area (Å²) < 4.78 is 0. The van der Waals surface area contributed by atoms with Gasteiger partial charge in [0.05, 0.1) is 0 Å². The lowest BCUT2D eigenvalue weighted by atomic mass is 10.1. The van der Waals surface area contributed by atoms with Gasteiger partial charge in [-0.25, -0.2) is 0 Å². The molecule has 1 atom stereocenters. The normalized spacial score (nSPS) is 27.4. The van der Waals surface area contributed by atoms with E-state index in [1.807, 2.05) is 0 Å². The molecule has 0 aromatic rings. The quantitative estimate of drug-likeness (QED) is 0.457. The summed E-state index contributed by atoms with van der Waals surface area (Å²) in [5.74, 6) is 0.766. The van der Waals surface area contributed by atoms with Crippen LogP contribution in [0.3, 0.4) is 0 Å². The fraction of sp³-hybridized carbons (Fsp3) is 0.714. The minimum atomic E-state index is 0.247. The number of nitrogens with two attached hydrogens (primary N) is 1. The number of hydrogen-bond donors (Lipinski definition) is 2. The summed E-state index contributed by atoms with van der Waals surface area (Å²) in [5.41, 5.74) is 9.01. The predicted octanol–water partition coefficient (Wildman–Crippen LogP) is 0.996. The smallest absolute Gasteiger partial charge is 0.184 e. The summed E-state index contributed by atoms with van der Waals surface area (Å²) in [4.78, 5) is 0. The lowest BCUT2D eigenvalue weighted by molar-refractivity contribution is 0.623. The molecule has 11 heavy (non-hydrogen) atoms. The van der Waals surface area contributed by atoms with Gasteiger partial charge in [0.1, 0.15) is 0 Å². The van der Waals surface area contributed by atoms with Gasteiger partial charge in [0.2, 0.25) is 0 Å². The Morgan fingerprint density at radius 2 is 2.55 bits per heavy atom. The monoisotopic (exact) mass is 171 g/mol. The van der Waals surface area contributed by atoms with Crippen LogP contribution in [0.25, 0.3) is 0 Å². The van der Waals surface area contributed by atoms with E-state index in [4.69, 9.17) is 5.73 Å². The molecule has 3 N–H and O–H groups in total. The van der Waals surface area contributed by atoms with Gasteiger partial charge in [0.25, 0.3) is 0 Å². The molecule has 0 spiro atoms. The fourth-order valence-electron chi connectivity index (χ4n) is 1.26. The van der Waals surface area contributed by atoms with Crippen molar-refractivity contribution in [1.29, 1.82) is 0 Å². The van der Waals surface area contributed by atoms with Crippen LogP contribution in [0.4, 0.5) is 0 Å². The number of nitrogens with one attached hydrogen (secondary N) is 1. The second kappa shape index (κ2) is 3.67. The van der Waals surface area contributed by atoms with Crippen molar-refractivity contribution < 1.29 is 0 Å². The Kier molecular flexibility index (Phi) is 2.82. The molecule has 0 saturated heterocycles. The lowest BCUT2D eigenvalue weighted by Gasteiger charge is -1.97. The number of rotatable bonds is 1. The zero-order valence-corrected chi connectivity index (χ0v) is 7.45. The number of nitrogens with zero attached hydrogens (tertiary/aromatic N) is 1. The molecule has 0 radical (unpaired) electrons. The van der Waals surface area contributed by atoms with Crippen LogP contribution in [-0.2, 0) is 0 Å². The highest BCUT2D eigenvalue weighted by atomic mass is 32.1. The van der Waals surface area contributed by atoms with Crippen LogP contribution < -0.4 is 11.2 Å². The summed E-state index contributed by atoms with van der Waals surface area (Å²) in [6, 6.07) is 0. The molecule has 0 aromatic heterocycles. The fourth-order valence-corrected chi connectivity index (χ4v) is 1.30. The number of hydrogen-bond acceptors (Lipinski definition) is 2. The maximum Gasteiger partial charge on any atom is 0.184 e. The third kappa shape index (κ3) is 2.84. The van der Waals surface area contributed by atoms with Crippen molar-refractivity contribution in [1.82, 2.24) is 5.43 Å². The Bertz CT molecular complexity index is 188. The molecule has 1 aliphatic carbocycles. The third-order valence-corrected chi connectivity index (χ3v) is 1.93. The molecular weight excluding hydrogens is 158 g/mol. The standard InChI is InChI=1S/C7H13N3S/c1-5-2-3-6(4-5)9-10-7(8)11/h5H,2-4H2,1H3,(H3,8,10,11)/b9-6+. The lowest BCUT2D eigenvalue weighted by Crippen LogP contribution is -2.25. The van der Waals surface area contributed by atoms with Crippen LogP contribution >= 0.6 is 12.2 Å². The van der Waals surface area contributed by atoms with Crippen LogP contribution in [0.15, 0.2) is 5.10 Å². The Morgan fingerprint density at radius 1 is 1.82 bits per heavy atom. The molecule has 1 unspecified atom stereocenters. The van der Waals surface area contributed by atoms with Crippen molar-refractivity contribution >= 4 is 23.0 Å². The molecule has 4 heteroatoms. The average Bonchev–Trinajstić information content (AvgIpc) is 2.31. The van der Waals surface area contributed by atoms with E-state index in [0.717, 1.165) is 18.8 Å². The maximum absolute atomic E-state index is 5.22. The summed E-state index contributed by atoms with van der Waals surface area (Å²) in [6.45, 7) is 2.23. The van der Waals surface area contributed by atoms with E-state index in [1.165, 1.54) is 12.1 Å². The van der Waals surface area contributed by atoms with Crippen LogP contribution in [0.2, 0.25) is 0 Å². The first-order valence-electron chi connectivity index (χ1n) is 3.79. The molecule has 0 bridgehead atoms. The van der Waals surface area contributed by atoms with Gasteiger partial charge in [-0.15, -0.1) is 0 Å². The second-order valence-corrected chi connectivity index (χ2v) is 3.44. The zero-order chi connectivity index (χ0) is 8.27. The molecule has 62 valence electrons. The number of hydrazone groups is 1. The van der Waals surface area contributed by atoms with E-state index < -0.39 is 0 Å². The molecule has 1 aliphatic rings. The highest BCUT2D eigenvalue weighted by molar-refractivity contribution is 7.80. The first-order valence-corrected chi connectivity index (χ1v) is 4.20. The van der Waals surface area contributed by atoms with Crippen molar-refractivity contribution in [2.24, 2.45) is 16.8 Å². The highest BCUT2D eigenvalue weighted by Gasteiger charge is 2.15. The Labute approximate surface area is 72.0 Å². The van der Waals surface area contributed by atoms with Crippen LogP contribution in [-0.4, -0.2) is 10.8 Å². The first-order chi connectivity index (χ1) is 5.18. The van der Waals surface area contributed by atoms with E-state index in [1.54, 1.807) is 0 Å². The maximum atomic E-state index is 5.22. The average molecular weight is 171 g/mol. The van der Waals surface area contributed by atoms with Gasteiger partial charge in [-0.3, -0.25) is 5.43 Å². The largest absolute Gasteiger partial charge is 0.375 e. The number of thiocarbonyl (C=S) groups is 1. The topological polar surface area (TPSA) is 50.4 Å². The SMILES string of the molecule is CC1CC/C(=N\NC(N)=S)C1. The Balaban J connectivity index is 2.36. The van der Waals surface area contributed by atoms with E-state index >= 15 is 0 Å². The highest BCUT2D eigenvalue weighted by Crippen LogP contribution is 2.21. The molecule has 0 heterocycles. The van der Waals surface area contributed by atoms with Crippen LogP contribution in [0.1, 0.15) is 26.2 Å². The molecule has 0 aromatic carbocycles. The van der Waals surface area contributed by atoms with Gasteiger partial charge in [-0.2, -0.15) is 5.10 Å². The van der Waals surface area contributed by atoms with E-state index in [-0.39, 0.29) is 5.11 Å². The molecule has 3 nitrogen and oxygen atoms in total. The first kappa shape index (κ1) is 8.46. The molecular formula is C7H13N3S. The minimum absolute atomic E-state index is 0.247. The minimum Gasteiger partial charge on any atom is -0.375 e. The Hall–Kier alpha value is -0.640. The van der Waals surface area contributed by atoms with Crippen molar-refractivity contribution in [2.45, 2.75) is 26.2 Å². The van der Waals surface area contributed by atoms with Gasteiger partial charge in [0, 0.05) is 5.71 Å². The second-order valence-electron chi connectivity index (χ2n) is 3.00. The zero-order valence-electron chi connectivity index (χ0n) is 6.63. The van der Waals surface area contributed by atoms with Gasteiger partial charge >= 0.3 is 0 Å². The van der Waals surface area contributed by atoms with Gasteiger partial charge in [0.15, 0.2) is 5.11 Å². The molecule has 0 aliphatic heterocycles. The predicted molar refractivity (Wildman–Crippen MR) is 50.4 cm³/mol. The van der Waals surface area contributed by atoms with Crippen molar-refractivity contribution in [2.75, 3.05) is 0 Å². The van der Waals surface area contributed by atoms with Gasteiger partial charge < -0.3 is 5.73 Å². The van der Waals surface area contributed by atoms with E-state index in [2.05, 4.69) is 29.7 Å². The van der Waals surface area contributed by atoms with Gasteiger partial charge in [-0.05, 0) is 37.4 Å². The molecule has 0 amide bonds. The van der Waals surface area contributed by atoms with Gasteiger partial charge in [-0.1, -0.05) is 6.92 Å². The summed E-state index contributed by atoms with van der Waals surface area (Å²) in [6.07, 6.45) is 3.39. The Morgan fingerprint density at radius 3 is 3.00 bits per heavy atom. The van der Waals surface area contributed by atoms with Crippen LogP contribution in [0, 0.1) is 5.92 Å². The summed E-state index contributed by atoms with van der Waals surface area (Å²) in [7, 11) is 0. The third-order valence-electron chi connectivity index (χ3n) is 1.83.